The van der Waals surface area contributed by atoms with Gasteiger partial charge in [-0.15, -0.1) is 0 Å². The standard InChI is InChI=1S/C21H32N6O4/c1-2-24-18(28)17-11-7-13-27(17)19(29)16(10-6-12-25-20(22)23)26-21(30)31-14-15-8-4-3-5-9-15/h3-5,8-9,16-17H,2,6-7,10-14H2,1H3,(H,24,28)(H,26,30)(H4,22,23,25)/t16-,17+/m0/s1. The van der Waals surface area contributed by atoms with Crippen molar-refractivity contribution in [3.05, 3.63) is 35.9 Å². The van der Waals surface area contributed by atoms with Gasteiger partial charge in [0.25, 0.3) is 0 Å². The molecule has 1 fully saturated rings. The molecule has 0 aliphatic carbocycles. The normalized spacial score (nSPS) is 16.3. The average molecular weight is 433 g/mol. The van der Waals surface area contributed by atoms with Gasteiger partial charge >= 0.3 is 6.09 Å². The molecule has 1 heterocycles. The van der Waals surface area contributed by atoms with Crippen LogP contribution in [0.25, 0.3) is 0 Å². The van der Waals surface area contributed by atoms with Gasteiger partial charge in [0.2, 0.25) is 11.8 Å². The maximum Gasteiger partial charge on any atom is 0.408 e. The number of benzene rings is 1. The number of likely N-dealkylation sites (N-methyl/N-ethyl adjacent to an activating group) is 1. The molecule has 0 spiro atoms. The molecule has 2 atom stereocenters. The van der Waals surface area contributed by atoms with Crippen molar-refractivity contribution in [2.45, 2.75) is 51.3 Å². The molecule has 170 valence electrons. The van der Waals surface area contributed by atoms with Crippen molar-refractivity contribution in [1.82, 2.24) is 15.5 Å². The zero-order chi connectivity index (χ0) is 22.6. The molecule has 0 unspecified atom stereocenters. The molecule has 1 aliphatic heterocycles. The Morgan fingerprint density at radius 2 is 2.00 bits per heavy atom. The summed E-state index contributed by atoms with van der Waals surface area (Å²) in [6.45, 7) is 3.20. The molecule has 1 aromatic rings. The van der Waals surface area contributed by atoms with Crippen molar-refractivity contribution >= 4 is 23.9 Å². The lowest BCUT2D eigenvalue weighted by atomic mass is 10.1. The SMILES string of the molecule is CCNC(=O)[C@H]1CCCN1C(=O)[C@H](CCCN=C(N)N)NC(=O)OCc1ccccc1. The number of nitrogens with one attached hydrogen (secondary N) is 2. The summed E-state index contributed by atoms with van der Waals surface area (Å²) in [6, 6.07) is 7.87. The fourth-order valence-corrected chi connectivity index (χ4v) is 3.46. The van der Waals surface area contributed by atoms with Crippen LogP contribution < -0.4 is 22.1 Å². The number of guanidine groups is 1. The number of carbonyl (C=O) groups excluding carboxylic acids is 3. The van der Waals surface area contributed by atoms with E-state index in [2.05, 4.69) is 15.6 Å². The highest BCUT2D eigenvalue weighted by atomic mass is 16.5. The van der Waals surface area contributed by atoms with Crippen LogP contribution in [0.2, 0.25) is 0 Å². The predicted molar refractivity (Wildman–Crippen MR) is 117 cm³/mol. The van der Waals surface area contributed by atoms with E-state index in [4.69, 9.17) is 16.2 Å². The number of rotatable bonds is 10. The molecule has 0 saturated carbocycles. The highest BCUT2D eigenvalue weighted by Crippen LogP contribution is 2.20. The average Bonchev–Trinajstić information content (AvgIpc) is 3.25. The third-order valence-corrected chi connectivity index (χ3v) is 4.94. The first kappa shape index (κ1) is 24.0. The molecule has 2 rings (SSSR count). The molecular formula is C21H32N6O4. The predicted octanol–water partition coefficient (Wildman–Crippen LogP) is 0.462. The van der Waals surface area contributed by atoms with E-state index in [0.717, 1.165) is 12.0 Å². The van der Waals surface area contributed by atoms with Gasteiger partial charge in [-0.25, -0.2) is 4.79 Å². The van der Waals surface area contributed by atoms with Crippen LogP contribution in [-0.2, 0) is 20.9 Å². The summed E-state index contributed by atoms with van der Waals surface area (Å²) in [7, 11) is 0. The van der Waals surface area contributed by atoms with Gasteiger partial charge in [0, 0.05) is 19.6 Å². The van der Waals surface area contributed by atoms with Crippen molar-refractivity contribution in [2.75, 3.05) is 19.6 Å². The minimum Gasteiger partial charge on any atom is -0.445 e. The van der Waals surface area contributed by atoms with Gasteiger partial charge in [0.05, 0.1) is 0 Å². The zero-order valence-electron chi connectivity index (χ0n) is 17.9. The van der Waals surface area contributed by atoms with Gasteiger partial charge in [-0.1, -0.05) is 30.3 Å². The third-order valence-electron chi connectivity index (χ3n) is 4.94. The largest absolute Gasteiger partial charge is 0.445 e. The first-order valence-electron chi connectivity index (χ1n) is 10.5. The summed E-state index contributed by atoms with van der Waals surface area (Å²) in [6.07, 6.45) is 1.42. The van der Waals surface area contributed by atoms with E-state index in [9.17, 15) is 14.4 Å². The summed E-state index contributed by atoms with van der Waals surface area (Å²) in [4.78, 5) is 43.3. The van der Waals surface area contributed by atoms with Crippen LogP contribution in [0.15, 0.2) is 35.3 Å². The summed E-state index contributed by atoms with van der Waals surface area (Å²) in [5.74, 6) is -0.525. The summed E-state index contributed by atoms with van der Waals surface area (Å²) in [5.41, 5.74) is 11.5. The summed E-state index contributed by atoms with van der Waals surface area (Å²) in [5, 5.41) is 5.41. The first-order chi connectivity index (χ1) is 14.9. The molecule has 10 nitrogen and oxygen atoms in total. The highest BCUT2D eigenvalue weighted by Gasteiger charge is 2.37. The summed E-state index contributed by atoms with van der Waals surface area (Å²) < 4.78 is 5.26. The second kappa shape index (κ2) is 12.4. The Kier molecular flexibility index (Phi) is 9.60. The Bertz CT molecular complexity index is 766. The van der Waals surface area contributed by atoms with Crippen LogP contribution in [0, 0.1) is 0 Å². The van der Waals surface area contributed by atoms with Crippen LogP contribution in [0.5, 0.6) is 0 Å². The van der Waals surface area contributed by atoms with Gasteiger partial charge in [0.1, 0.15) is 18.7 Å². The Morgan fingerprint density at radius 1 is 1.26 bits per heavy atom. The minimum atomic E-state index is -0.840. The zero-order valence-corrected chi connectivity index (χ0v) is 17.9. The molecule has 0 aromatic heterocycles. The Morgan fingerprint density at radius 3 is 2.68 bits per heavy atom. The van der Waals surface area contributed by atoms with Crippen LogP contribution in [0.3, 0.4) is 0 Å². The fourth-order valence-electron chi connectivity index (χ4n) is 3.46. The van der Waals surface area contributed by atoms with Gasteiger partial charge in [-0.2, -0.15) is 0 Å². The monoisotopic (exact) mass is 432 g/mol. The minimum absolute atomic E-state index is 0.0334. The molecule has 0 radical (unpaired) electrons. The van der Waals surface area contributed by atoms with Crippen LogP contribution >= 0.6 is 0 Å². The number of nitrogens with two attached hydrogens (primary N) is 2. The smallest absolute Gasteiger partial charge is 0.408 e. The number of hydrogen-bond acceptors (Lipinski definition) is 5. The van der Waals surface area contributed by atoms with E-state index in [1.165, 1.54) is 4.90 Å². The van der Waals surface area contributed by atoms with Crippen LogP contribution in [0.4, 0.5) is 4.79 Å². The topological polar surface area (TPSA) is 152 Å². The number of aliphatic imine (C=N–C) groups is 1. The van der Waals surface area contributed by atoms with Crippen molar-refractivity contribution < 1.29 is 19.1 Å². The molecule has 1 saturated heterocycles. The second-order valence-corrected chi connectivity index (χ2v) is 7.29. The van der Waals surface area contributed by atoms with Crippen molar-refractivity contribution in [1.29, 1.82) is 0 Å². The number of hydrogen-bond donors (Lipinski definition) is 4. The molecular weight excluding hydrogens is 400 g/mol. The molecule has 3 amide bonds. The van der Waals surface area contributed by atoms with Crippen LogP contribution in [-0.4, -0.2) is 60.5 Å². The van der Waals surface area contributed by atoms with Crippen molar-refractivity contribution in [3.63, 3.8) is 0 Å². The van der Waals surface area contributed by atoms with Gasteiger partial charge < -0.3 is 31.7 Å². The number of ether oxygens (including phenoxy) is 1. The quantitative estimate of drug-likeness (QED) is 0.239. The highest BCUT2D eigenvalue weighted by molar-refractivity contribution is 5.91. The summed E-state index contributed by atoms with van der Waals surface area (Å²) >= 11 is 0. The Balaban J connectivity index is 2.02. The number of carbonyl (C=O) groups is 3. The van der Waals surface area contributed by atoms with Gasteiger partial charge in [-0.05, 0) is 38.2 Å². The lowest BCUT2D eigenvalue weighted by Gasteiger charge is -2.28. The number of nitrogens with zero attached hydrogens (tertiary/aromatic N) is 2. The van der Waals surface area contributed by atoms with E-state index < -0.39 is 18.2 Å². The molecule has 1 aromatic carbocycles. The molecule has 6 N–H and O–H groups in total. The van der Waals surface area contributed by atoms with Gasteiger partial charge in [0.15, 0.2) is 5.96 Å². The van der Waals surface area contributed by atoms with E-state index in [0.29, 0.717) is 38.9 Å². The van der Waals surface area contributed by atoms with E-state index in [1.54, 1.807) is 0 Å². The van der Waals surface area contributed by atoms with Crippen molar-refractivity contribution in [2.24, 2.45) is 16.5 Å². The lowest BCUT2D eigenvalue weighted by molar-refractivity contribution is -0.140. The third kappa shape index (κ3) is 7.80. The number of likely N-dealkylation sites (tertiary alicyclic amines) is 1. The number of amides is 3. The Labute approximate surface area is 182 Å². The maximum atomic E-state index is 13.2. The molecule has 1 aliphatic rings. The fraction of sp³-hybridized carbons (Fsp3) is 0.524. The molecule has 0 bridgehead atoms. The van der Waals surface area contributed by atoms with E-state index in [-0.39, 0.29) is 24.4 Å². The second-order valence-electron chi connectivity index (χ2n) is 7.29. The molecule has 31 heavy (non-hydrogen) atoms. The van der Waals surface area contributed by atoms with Crippen molar-refractivity contribution in [3.8, 4) is 0 Å². The maximum absolute atomic E-state index is 13.2. The first-order valence-corrected chi connectivity index (χ1v) is 10.5. The lowest BCUT2D eigenvalue weighted by Crippen LogP contribution is -2.53. The van der Waals surface area contributed by atoms with Crippen LogP contribution in [0.1, 0.15) is 38.2 Å². The van der Waals surface area contributed by atoms with E-state index in [1.807, 2.05) is 37.3 Å². The Hall–Kier alpha value is -3.30. The van der Waals surface area contributed by atoms with E-state index >= 15 is 0 Å². The number of alkyl carbamates (subject to hydrolysis) is 1. The molecule has 10 heteroatoms. The van der Waals surface area contributed by atoms with Gasteiger partial charge in [-0.3, -0.25) is 14.6 Å².